The molecule has 1 aromatic carbocycles. The van der Waals surface area contributed by atoms with Gasteiger partial charge in [0, 0.05) is 56.9 Å². The number of anilines is 1. The van der Waals surface area contributed by atoms with Crippen LogP contribution in [0.4, 0.5) is 5.82 Å². The number of hydrogen-bond acceptors (Lipinski definition) is 3. The fourth-order valence-electron chi connectivity index (χ4n) is 2.94. The molecule has 0 bridgehead atoms. The van der Waals surface area contributed by atoms with Gasteiger partial charge in [-0.3, -0.25) is 9.59 Å². The van der Waals surface area contributed by atoms with E-state index in [0.717, 1.165) is 22.0 Å². The molecule has 0 aliphatic rings. The Balaban J connectivity index is 1.66. The number of aryl methyl sites for hydroxylation is 1. The van der Waals surface area contributed by atoms with Crippen LogP contribution < -0.4 is 5.32 Å². The predicted octanol–water partition coefficient (Wildman–Crippen LogP) is 3.20. The molecule has 0 atom stereocenters. The number of pyridine rings is 1. The molecule has 2 amide bonds. The molecule has 0 aliphatic heterocycles. The van der Waals surface area contributed by atoms with Crippen molar-refractivity contribution in [1.82, 2.24) is 14.5 Å². The number of nitrogens with zero attached hydrogens (tertiary/aromatic N) is 3. The molecule has 0 unspecified atom stereocenters. The van der Waals surface area contributed by atoms with E-state index >= 15 is 0 Å². The SMILES string of the molecule is CC(=O)Nc1ccc(C=CC(=O)N(C)Cc2cn(C)c3ccccc23)cn1. The van der Waals surface area contributed by atoms with Gasteiger partial charge in [-0.15, -0.1) is 0 Å². The maximum atomic E-state index is 12.4. The van der Waals surface area contributed by atoms with Gasteiger partial charge in [0.05, 0.1) is 0 Å². The minimum absolute atomic E-state index is 0.0890. The van der Waals surface area contributed by atoms with E-state index in [1.165, 1.54) is 13.0 Å². The topological polar surface area (TPSA) is 67.2 Å². The quantitative estimate of drug-likeness (QED) is 0.709. The van der Waals surface area contributed by atoms with Crippen LogP contribution in [0.5, 0.6) is 0 Å². The van der Waals surface area contributed by atoms with Crippen molar-refractivity contribution in [3.05, 3.63) is 66.0 Å². The van der Waals surface area contributed by atoms with Gasteiger partial charge in [-0.2, -0.15) is 0 Å². The van der Waals surface area contributed by atoms with Gasteiger partial charge in [0.2, 0.25) is 11.8 Å². The number of rotatable bonds is 5. The highest BCUT2D eigenvalue weighted by molar-refractivity contribution is 5.92. The van der Waals surface area contributed by atoms with Crippen molar-refractivity contribution in [3.63, 3.8) is 0 Å². The van der Waals surface area contributed by atoms with Gasteiger partial charge in [0.1, 0.15) is 5.82 Å². The maximum absolute atomic E-state index is 12.4. The molecule has 1 N–H and O–H groups in total. The van der Waals surface area contributed by atoms with Gasteiger partial charge in [0.15, 0.2) is 0 Å². The van der Waals surface area contributed by atoms with E-state index in [4.69, 9.17) is 0 Å². The van der Waals surface area contributed by atoms with Crippen molar-refractivity contribution in [1.29, 1.82) is 0 Å². The van der Waals surface area contributed by atoms with Gasteiger partial charge >= 0.3 is 0 Å². The Labute approximate surface area is 158 Å². The molecule has 6 heteroatoms. The van der Waals surface area contributed by atoms with E-state index in [1.54, 1.807) is 36.4 Å². The molecule has 6 nitrogen and oxygen atoms in total. The summed E-state index contributed by atoms with van der Waals surface area (Å²) in [6.45, 7) is 1.96. The summed E-state index contributed by atoms with van der Waals surface area (Å²) in [4.78, 5) is 29.2. The van der Waals surface area contributed by atoms with Crippen molar-refractivity contribution >= 4 is 34.6 Å². The first-order valence-electron chi connectivity index (χ1n) is 8.64. The summed E-state index contributed by atoms with van der Waals surface area (Å²) < 4.78 is 2.07. The molecule has 0 saturated carbocycles. The Morgan fingerprint density at radius 3 is 2.70 bits per heavy atom. The minimum Gasteiger partial charge on any atom is -0.350 e. The van der Waals surface area contributed by atoms with Crippen molar-refractivity contribution in [2.45, 2.75) is 13.5 Å². The monoisotopic (exact) mass is 362 g/mol. The number of amides is 2. The van der Waals surface area contributed by atoms with Gasteiger partial charge < -0.3 is 14.8 Å². The number of carbonyl (C=O) groups excluding carboxylic acids is 2. The first kappa shape index (κ1) is 18.4. The number of likely N-dealkylation sites (N-methyl/N-ethyl adjacent to an activating group) is 1. The summed E-state index contributed by atoms with van der Waals surface area (Å²) in [5.41, 5.74) is 3.05. The molecule has 0 fully saturated rings. The second kappa shape index (κ2) is 7.86. The standard InChI is InChI=1S/C21H22N4O2/c1-15(26)23-20-10-8-16(12-22-20)9-11-21(27)25(3)14-17-13-24(2)19-7-5-4-6-18(17)19/h4-13H,14H2,1-3H3,(H,22,23,26). The normalized spacial score (nSPS) is 11.1. The molecule has 3 aromatic rings. The highest BCUT2D eigenvalue weighted by Gasteiger charge is 2.11. The van der Waals surface area contributed by atoms with Crippen LogP contribution >= 0.6 is 0 Å². The van der Waals surface area contributed by atoms with Crippen LogP contribution in [0, 0.1) is 0 Å². The van der Waals surface area contributed by atoms with Gasteiger partial charge in [-0.1, -0.05) is 18.2 Å². The molecule has 2 heterocycles. The van der Waals surface area contributed by atoms with Crippen molar-refractivity contribution in [2.24, 2.45) is 7.05 Å². The third-order valence-corrected chi connectivity index (χ3v) is 4.27. The Kier molecular flexibility index (Phi) is 5.35. The third kappa shape index (κ3) is 4.41. The van der Waals surface area contributed by atoms with E-state index in [0.29, 0.717) is 12.4 Å². The van der Waals surface area contributed by atoms with Crippen LogP contribution in [0.3, 0.4) is 0 Å². The van der Waals surface area contributed by atoms with Gasteiger partial charge in [-0.25, -0.2) is 4.98 Å². The number of nitrogens with one attached hydrogen (secondary N) is 1. The summed E-state index contributed by atoms with van der Waals surface area (Å²) in [6, 6.07) is 11.7. The molecule has 3 rings (SSSR count). The average molecular weight is 362 g/mol. The van der Waals surface area contributed by atoms with Crippen molar-refractivity contribution < 1.29 is 9.59 Å². The number of benzene rings is 1. The smallest absolute Gasteiger partial charge is 0.246 e. The number of aromatic nitrogens is 2. The fourth-order valence-corrected chi connectivity index (χ4v) is 2.94. The van der Waals surface area contributed by atoms with E-state index in [2.05, 4.69) is 33.2 Å². The van der Waals surface area contributed by atoms with Crippen LogP contribution in [0.2, 0.25) is 0 Å². The van der Waals surface area contributed by atoms with Crippen molar-refractivity contribution in [3.8, 4) is 0 Å². The molecule has 2 aromatic heterocycles. The van der Waals surface area contributed by atoms with E-state index < -0.39 is 0 Å². The Bertz CT molecular complexity index is 1000. The first-order chi connectivity index (χ1) is 12.9. The zero-order chi connectivity index (χ0) is 19.4. The fraction of sp³-hybridized carbons (Fsp3) is 0.190. The van der Waals surface area contributed by atoms with Crippen LogP contribution in [-0.2, 0) is 23.2 Å². The summed E-state index contributed by atoms with van der Waals surface area (Å²) in [7, 11) is 3.79. The average Bonchev–Trinajstić information content (AvgIpc) is 2.96. The Morgan fingerprint density at radius 1 is 1.22 bits per heavy atom. The zero-order valence-electron chi connectivity index (χ0n) is 15.6. The van der Waals surface area contributed by atoms with E-state index in [-0.39, 0.29) is 11.8 Å². The lowest BCUT2D eigenvalue weighted by atomic mass is 10.1. The zero-order valence-corrected chi connectivity index (χ0v) is 15.6. The highest BCUT2D eigenvalue weighted by atomic mass is 16.2. The largest absolute Gasteiger partial charge is 0.350 e. The highest BCUT2D eigenvalue weighted by Crippen LogP contribution is 2.21. The molecule has 0 spiro atoms. The number of para-hydroxylation sites is 1. The van der Waals surface area contributed by atoms with Crippen LogP contribution in [0.25, 0.3) is 17.0 Å². The van der Waals surface area contributed by atoms with Crippen LogP contribution in [0.1, 0.15) is 18.1 Å². The number of carbonyl (C=O) groups is 2. The molecule has 0 aliphatic carbocycles. The van der Waals surface area contributed by atoms with Crippen LogP contribution in [-0.4, -0.2) is 33.3 Å². The minimum atomic E-state index is -0.170. The first-order valence-corrected chi connectivity index (χ1v) is 8.64. The summed E-state index contributed by atoms with van der Waals surface area (Å²) in [5, 5.41) is 3.76. The van der Waals surface area contributed by atoms with Crippen LogP contribution in [0.15, 0.2) is 54.9 Å². The van der Waals surface area contributed by atoms with E-state index in [9.17, 15) is 9.59 Å². The lowest BCUT2D eigenvalue weighted by Crippen LogP contribution is -2.24. The maximum Gasteiger partial charge on any atom is 0.246 e. The Morgan fingerprint density at radius 2 is 2.00 bits per heavy atom. The molecule has 0 radical (unpaired) electrons. The molecular formula is C21H22N4O2. The van der Waals surface area contributed by atoms with Gasteiger partial charge in [0.25, 0.3) is 0 Å². The second-order valence-electron chi connectivity index (χ2n) is 6.47. The third-order valence-electron chi connectivity index (χ3n) is 4.27. The summed E-state index contributed by atoms with van der Waals surface area (Å²) in [5.74, 6) is 0.226. The predicted molar refractivity (Wildman–Crippen MR) is 107 cm³/mol. The lowest BCUT2D eigenvalue weighted by molar-refractivity contribution is -0.125. The number of fused-ring (bicyclic) bond motifs is 1. The molecular weight excluding hydrogens is 340 g/mol. The summed E-state index contributed by atoms with van der Waals surface area (Å²) >= 11 is 0. The molecule has 27 heavy (non-hydrogen) atoms. The Hall–Kier alpha value is -3.41. The van der Waals surface area contributed by atoms with Crippen molar-refractivity contribution in [2.75, 3.05) is 12.4 Å². The van der Waals surface area contributed by atoms with E-state index in [1.807, 2.05) is 19.2 Å². The second-order valence-corrected chi connectivity index (χ2v) is 6.47. The lowest BCUT2D eigenvalue weighted by Gasteiger charge is -2.14. The van der Waals surface area contributed by atoms with Gasteiger partial charge in [-0.05, 0) is 35.4 Å². The number of hydrogen-bond donors (Lipinski definition) is 1. The molecule has 0 saturated heterocycles. The summed E-state index contributed by atoms with van der Waals surface area (Å²) in [6.07, 6.45) is 6.91. The molecule has 138 valence electrons.